The highest BCUT2D eigenvalue weighted by molar-refractivity contribution is 8.18. The Hall–Kier alpha value is -1.34. The summed E-state index contributed by atoms with van der Waals surface area (Å²) in [6.45, 7) is 0. The summed E-state index contributed by atoms with van der Waals surface area (Å²) in [4.78, 5) is 15.6. The summed E-state index contributed by atoms with van der Waals surface area (Å²) in [5, 5.41) is 6.21. The lowest BCUT2D eigenvalue weighted by molar-refractivity contribution is 0.153. The molecule has 0 bridgehead atoms. The summed E-state index contributed by atoms with van der Waals surface area (Å²) < 4.78 is 5.53. The Bertz CT molecular complexity index is 481. The van der Waals surface area contributed by atoms with E-state index in [1.54, 1.807) is 30.6 Å². The molecule has 1 heterocycles. The van der Waals surface area contributed by atoms with Crippen molar-refractivity contribution in [1.29, 1.82) is 0 Å². The van der Waals surface area contributed by atoms with Gasteiger partial charge in [-0.2, -0.15) is 0 Å². The van der Waals surface area contributed by atoms with E-state index in [2.05, 4.69) is 22.6 Å². The van der Waals surface area contributed by atoms with E-state index in [9.17, 15) is 4.79 Å². The number of thioether (sulfide) groups is 2. The molecule has 0 aliphatic carbocycles. The zero-order valence-corrected chi connectivity index (χ0v) is 12.9. The van der Waals surface area contributed by atoms with Crippen LogP contribution in [-0.4, -0.2) is 37.5 Å². The third-order valence-corrected chi connectivity index (χ3v) is 5.62. The second-order valence-electron chi connectivity index (χ2n) is 4.01. The number of benzene rings is 1. The van der Waals surface area contributed by atoms with Gasteiger partial charge >= 0.3 is 6.09 Å². The lowest BCUT2D eigenvalue weighted by Gasteiger charge is -2.22. The minimum atomic E-state index is -0.537. The number of hydrogen-bond acceptors (Lipinski definition) is 6. The lowest BCUT2D eigenvalue weighted by Crippen LogP contribution is -2.20. The molecule has 1 aliphatic rings. The normalized spacial score (nSPS) is 18.3. The summed E-state index contributed by atoms with van der Waals surface area (Å²) >= 11 is 3.55. The van der Waals surface area contributed by atoms with Gasteiger partial charge in [-0.25, -0.2) is 4.79 Å². The van der Waals surface area contributed by atoms with Crippen molar-refractivity contribution >= 4 is 35.3 Å². The van der Waals surface area contributed by atoms with Crippen LogP contribution in [0.1, 0.15) is 10.1 Å². The molecule has 20 heavy (non-hydrogen) atoms. The maximum atomic E-state index is 10.9. The highest BCUT2D eigenvalue weighted by Gasteiger charge is 2.21. The first-order valence-corrected chi connectivity index (χ1v) is 8.14. The molecule has 1 fully saturated rings. The zero-order chi connectivity index (χ0) is 14.4. The molecular formula is C13H16N2O3S2. The van der Waals surface area contributed by atoms with Gasteiger partial charge in [-0.3, -0.25) is 4.84 Å². The Morgan fingerprint density at radius 3 is 2.50 bits per heavy atom. The fourth-order valence-electron chi connectivity index (χ4n) is 1.59. The monoisotopic (exact) mass is 312 g/mol. The number of carbonyl (C=O) groups is 1. The molecule has 108 valence electrons. The van der Waals surface area contributed by atoms with E-state index in [-0.39, 0.29) is 0 Å². The Morgan fingerprint density at radius 1 is 1.30 bits per heavy atom. The zero-order valence-electron chi connectivity index (χ0n) is 11.3. The van der Waals surface area contributed by atoms with Crippen LogP contribution in [0.3, 0.4) is 0 Å². The van der Waals surface area contributed by atoms with Gasteiger partial charge in [0.1, 0.15) is 5.75 Å². The van der Waals surface area contributed by atoms with Gasteiger partial charge in [0.05, 0.1) is 17.4 Å². The highest BCUT2D eigenvalue weighted by Crippen LogP contribution is 2.43. The lowest BCUT2D eigenvalue weighted by atomic mass is 10.2. The molecule has 1 aromatic carbocycles. The van der Waals surface area contributed by atoms with Crippen molar-refractivity contribution in [2.24, 2.45) is 5.16 Å². The van der Waals surface area contributed by atoms with Gasteiger partial charge < -0.3 is 10.1 Å². The summed E-state index contributed by atoms with van der Waals surface area (Å²) in [6, 6.07) is 8.09. The van der Waals surface area contributed by atoms with E-state index in [0.717, 1.165) is 23.0 Å². The molecule has 1 N–H and O–H groups in total. The molecule has 1 aromatic rings. The predicted molar refractivity (Wildman–Crippen MR) is 83.6 cm³/mol. The number of hydrogen-bond donors (Lipinski definition) is 1. The average molecular weight is 312 g/mol. The van der Waals surface area contributed by atoms with Gasteiger partial charge in [0.15, 0.2) is 0 Å². The minimum Gasteiger partial charge on any atom is -0.497 e. The van der Waals surface area contributed by atoms with Gasteiger partial charge in [0.2, 0.25) is 0 Å². The molecule has 0 radical (unpaired) electrons. The van der Waals surface area contributed by atoms with Crippen molar-refractivity contribution in [2.75, 3.05) is 25.7 Å². The van der Waals surface area contributed by atoms with Crippen LogP contribution < -0.4 is 10.1 Å². The Morgan fingerprint density at radius 2 is 1.95 bits per heavy atom. The van der Waals surface area contributed by atoms with Crippen LogP contribution in [0.2, 0.25) is 0 Å². The number of nitrogens with zero attached hydrogens (tertiary/aromatic N) is 1. The summed E-state index contributed by atoms with van der Waals surface area (Å²) in [5.41, 5.74) is 2.14. The van der Waals surface area contributed by atoms with Crippen molar-refractivity contribution < 1.29 is 14.4 Å². The van der Waals surface area contributed by atoms with Gasteiger partial charge in [-0.15, -0.1) is 23.5 Å². The van der Waals surface area contributed by atoms with Crippen LogP contribution in [-0.2, 0) is 4.84 Å². The maximum absolute atomic E-state index is 10.9. The number of ether oxygens (including phenoxy) is 1. The van der Waals surface area contributed by atoms with Gasteiger partial charge in [-0.1, -0.05) is 17.3 Å². The number of carbonyl (C=O) groups excluding carboxylic acids is 1. The standard InChI is InChI=1S/C13H16N2O3S2/c1-14-13(16)18-15-10-7-19-12(20-8-10)9-3-5-11(17-2)6-4-9/h3-6,12H,7-8H2,1-2H3,(H,14,16). The van der Waals surface area contributed by atoms with Crippen LogP contribution in [0.4, 0.5) is 4.79 Å². The first kappa shape index (κ1) is 15.1. The van der Waals surface area contributed by atoms with E-state index in [4.69, 9.17) is 9.57 Å². The predicted octanol–water partition coefficient (Wildman–Crippen LogP) is 2.89. The van der Waals surface area contributed by atoms with Crippen molar-refractivity contribution in [3.63, 3.8) is 0 Å². The molecular weight excluding hydrogens is 296 g/mol. The van der Waals surface area contributed by atoms with Crippen LogP contribution in [0.5, 0.6) is 5.75 Å². The molecule has 1 saturated heterocycles. The average Bonchev–Trinajstić information content (AvgIpc) is 2.53. The van der Waals surface area contributed by atoms with E-state index in [0.29, 0.717) is 4.58 Å². The molecule has 0 unspecified atom stereocenters. The Balaban J connectivity index is 1.88. The molecule has 2 rings (SSSR count). The van der Waals surface area contributed by atoms with Gasteiger partial charge in [0, 0.05) is 18.6 Å². The first-order chi connectivity index (χ1) is 9.72. The molecule has 5 nitrogen and oxygen atoms in total. The topological polar surface area (TPSA) is 59.9 Å². The second-order valence-corrected chi connectivity index (χ2v) is 6.50. The number of oxime groups is 1. The summed E-state index contributed by atoms with van der Waals surface area (Å²) in [7, 11) is 3.17. The van der Waals surface area contributed by atoms with Gasteiger partial charge in [0.25, 0.3) is 0 Å². The fourth-order valence-corrected chi connectivity index (χ4v) is 4.21. The second kappa shape index (κ2) is 7.44. The van der Waals surface area contributed by atoms with Crippen LogP contribution in [0.25, 0.3) is 0 Å². The summed E-state index contributed by atoms with van der Waals surface area (Å²) in [5.74, 6) is 2.39. The molecule has 1 amide bonds. The number of rotatable bonds is 3. The van der Waals surface area contributed by atoms with Crippen molar-refractivity contribution in [1.82, 2.24) is 5.32 Å². The minimum absolute atomic E-state index is 0.375. The molecule has 0 saturated carbocycles. The maximum Gasteiger partial charge on any atom is 0.433 e. The van der Waals surface area contributed by atoms with Gasteiger partial charge in [-0.05, 0) is 17.7 Å². The third kappa shape index (κ3) is 4.08. The SMILES string of the molecule is CNC(=O)ON=C1CSC(c2ccc(OC)cc2)SC1. The van der Waals surface area contributed by atoms with Crippen LogP contribution >= 0.6 is 23.5 Å². The number of methoxy groups -OCH3 is 1. The molecule has 0 spiro atoms. The van der Waals surface area contributed by atoms with Crippen LogP contribution in [0.15, 0.2) is 29.4 Å². The largest absolute Gasteiger partial charge is 0.497 e. The molecule has 1 aliphatic heterocycles. The Kier molecular flexibility index (Phi) is 5.60. The fraction of sp³-hybridized carbons (Fsp3) is 0.385. The third-order valence-electron chi connectivity index (χ3n) is 2.65. The molecule has 7 heteroatoms. The Labute approximate surface area is 126 Å². The van der Waals surface area contributed by atoms with E-state index in [1.165, 1.54) is 12.6 Å². The molecule has 0 aromatic heterocycles. The van der Waals surface area contributed by atoms with E-state index >= 15 is 0 Å². The number of amides is 1. The van der Waals surface area contributed by atoms with Crippen molar-refractivity contribution in [2.45, 2.75) is 4.58 Å². The number of nitrogens with one attached hydrogen (secondary N) is 1. The smallest absolute Gasteiger partial charge is 0.433 e. The highest BCUT2D eigenvalue weighted by atomic mass is 32.2. The van der Waals surface area contributed by atoms with E-state index < -0.39 is 6.09 Å². The van der Waals surface area contributed by atoms with Crippen molar-refractivity contribution in [3.8, 4) is 5.75 Å². The quantitative estimate of drug-likeness (QED) is 0.687. The van der Waals surface area contributed by atoms with Crippen molar-refractivity contribution in [3.05, 3.63) is 29.8 Å². The molecule has 0 atom stereocenters. The summed E-state index contributed by atoms with van der Waals surface area (Å²) in [6.07, 6.45) is -0.537. The first-order valence-electron chi connectivity index (χ1n) is 6.04. The van der Waals surface area contributed by atoms with E-state index in [1.807, 2.05) is 12.1 Å². The van der Waals surface area contributed by atoms with Crippen LogP contribution in [0, 0.1) is 0 Å².